The predicted molar refractivity (Wildman–Crippen MR) is 103 cm³/mol. The molecule has 2 rings (SSSR count). The molecule has 3 N–H and O–H groups in total. The van der Waals surface area contributed by atoms with Crippen LogP contribution in [0.5, 0.6) is 0 Å². The second kappa shape index (κ2) is 10.1. The number of nitrogens with one attached hydrogen (secondary N) is 1. The SMILES string of the molecule is CCN(CCC(=O)Nc1ccc(C(N)=O)cc1)C(=O)CCc1cccnc1. The molecule has 7 heteroatoms. The van der Waals surface area contributed by atoms with Crippen LogP contribution < -0.4 is 11.1 Å². The standard InChI is InChI=1S/C20H24N4O3/c1-2-24(19(26)10-5-15-4-3-12-22-14-15)13-11-18(25)23-17-8-6-16(7-9-17)20(21)27/h3-4,6-9,12,14H,2,5,10-11,13H2,1H3,(H2,21,27)(H,23,25). The van der Waals surface area contributed by atoms with Gasteiger partial charge in [-0.1, -0.05) is 6.07 Å². The van der Waals surface area contributed by atoms with Crippen molar-refractivity contribution in [2.75, 3.05) is 18.4 Å². The quantitative estimate of drug-likeness (QED) is 0.706. The largest absolute Gasteiger partial charge is 0.366 e. The van der Waals surface area contributed by atoms with E-state index in [1.165, 1.54) is 0 Å². The first-order valence-corrected chi connectivity index (χ1v) is 8.86. The lowest BCUT2D eigenvalue weighted by molar-refractivity contribution is -0.131. The monoisotopic (exact) mass is 368 g/mol. The average molecular weight is 368 g/mol. The molecule has 1 aromatic carbocycles. The van der Waals surface area contributed by atoms with Crippen LogP contribution in [0.15, 0.2) is 48.8 Å². The maximum absolute atomic E-state index is 12.3. The molecule has 0 unspecified atom stereocenters. The summed E-state index contributed by atoms with van der Waals surface area (Å²) >= 11 is 0. The Morgan fingerprint density at radius 1 is 1.11 bits per heavy atom. The van der Waals surface area contributed by atoms with Crippen LogP contribution in [0.2, 0.25) is 0 Å². The van der Waals surface area contributed by atoms with Gasteiger partial charge in [-0.3, -0.25) is 19.4 Å². The van der Waals surface area contributed by atoms with E-state index in [-0.39, 0.29) is 18.2 Å². The Hall–Kier alpha value is -3.22. The van der Waals surface area contributed by atoms with E-state index >= 15 is 0 Å². The number of amides is 3. The summed E-state index contributed by atoms with van der Waals surface area (Å²) in [5.41, 5.74) is 7.16. The summed E-state index contributed by atoms with van der Waals surface area (Å²) in [5, 5.41) is 2.75. The summed E-state index contributed by atoms with van der Waals surface area (Å²) < 4.78 is 0. The topological polar surface area (TPSA) is 105 Å². The number of hydrogen-bond donors (Lipinski definition) is 2. The molecule has 0 atom stereocenters. The van der Waals surface area contributed by atoms with E-state index in [0.29, 0.717) is 37.2 Å². The van der Waals surface area contributed by atoms with Crippen LogP contribution in [0, 0.1) is 0 Å². The van der Waals surface area contributed by atoms with Crippen LogP contribution in [-0.4, -0.2) is 40.7 Å². The third-order valence-corrected chi connectivity index (χ3v) is 4.15. The molecule has 142 valence electrons. The zero-order valence-corrected chi connectivity index (χ0v) is 15.4. The fourth-order valence-electron chi connectivity index (χ4n) is 2.59. The minimum atomic E-state index is -0.517. The van der Waals surface area contributed by atoms with Gasteiger partial charge in [-0.2, -0.15) is 0 Å². The average Bonchev–Trinajstić information content (AvgIpc) is 2.68. The summed E-state index contributed by atoms with van der Waals surface area (Å²) in [6.45, 7) is 2.79. The first-order chi connectivity index (χ1) is 13.0. The Morgan fingerprint density at radius 2 is 1.85 bits per heavy atom. The number of carbonyl (C=O) groups excluding carboxylic acids is 3. The van der Waals surface area contributed by atoms with E-state index in [0.717, 1.165) is 5.56 Å². The van der Waals surface area contributed by atoms with E-state index < -0.39 is 5.91 Å². The molecule has 0 aliphatic heterocycles. The van der Waals surface area contributed by atoms with Gasteiger partial charge in [-0.15, -0.1) is 0 Å². The molecule has 0 spiro atoms. The van der Waals surface area contributed by atoms with Crippen molar-refractivity contribution in [1.82, 2.24) is 9.88 Å². The number of benzene rings is 1. The highest BCUT2D eigenvalue weighted by molar-refractivity contribution is 5.94. The highest BCUT2D eigenvalue weighted by atomic mass is 16.2. The number of nitrogens with two attached hydrogens (primary N) is 1. The number of aromatic nitrogens is 1. The van der Waals surface area contributed by atoms with E-state index in [4.69, 9.17) is 5.73 Å². The fourth-order valence-corrected chi connectivity index (χ4v) is 2.59. The first-order valence-electron chi connectivity index (χ1n) is 8.86. The Bertz CT molecular complexity index is 776. The molecule has 0 fully saturated rings. The number of hydrogen-bond acceptors (Lipinski definition) is 4. The normalized spacial score (nSPS) is 10.3. The summed E-state index contributed by atoms with van der Waals surface area (Å²) in [5.74, 6) is -0.698. The number of carbonyl (C=O) groups is 3. The van der Waals surface area contributed by atoms with Crippen LogP contribution >= 0.6 is 0 Å². The molecule has 1 aromatic heterocycles. The lowest BCUT2D eigenvalue weighted by Gasteiger charge is -2.20. The van der Waals surface area contributed by atoms with Crippen molar-refractivity contribution < 1.29 is 14.4 Å². The highest BCUT2D eigenvalue weighted by Gasteiger charge is 2.13. The summed E-state index contributed by atoms with van der Waals surface area (Å²) in [7, 11) is 0. The molecular weight excluding hydrogens is 344 g/mol. The minimum Gasteiger partial charge on any atom is -0.366 e. The maximum Gasteiger partial charge on any atom is 0.248 e. The molecule has 2 aromatic rings. The van der Waals surface area contributed by atoms with Gasteiger partial charge in [0.15, 0.2) is 0 Å². The van der Waals surface area contributed by atoms with Crippen molar-refractivity contribution in [2.45, 2.75) is 26.2 Å². The van der Waals surface area contributed by atoms with Crippen molar-refractivity contribution >= 4 is 23.4 Å². The van der Waals surface area contributed by atoms with Gasteiger partial charge >= 0.3 is 0 Å². The molecule has 7 nitrogen and oxygen atoms in total. The number of rotatable bonds is 9. The van der Waals surface area contributed by atoms with Crippen LogP contribution in [0.1, 0.15) is 35.7 Å². The third-order valence-electron chi connectivity index (χ3n) is 4.15. The van der Waals surface area contributed by atoms with Crippen molar-refractivity contribution in [3.05, 3.63) is 59.9 Å². The Labute approximate surface area is 158 Å². The lowest BCUT2D eigenvalue weighted by Crippen LogP contribution is -2.33. The Balaban J connectivity index is 1.79. The Kier molecular flexibility index (Phi) is 7.49. The number of primary amides is 1. The lowest BCUT2D eigenvalue weighted by atomic mass is 10.1. The smallest absolute Gasteiger partial charge is 0.248 e. The summed E-state index contributed by atoms with van der Waals surface area (Å²) in [6.07, 6.45) is 4.66. The van der Waals surface area contributed by atoms with Gasteiger partial charge in [-0.05, 0) is 49.2 Å². The number of aryl methyl sites for hydroxylation is 1. The van der Waals surface area contributed by atoms with E-state index in [1.54, 1.807) is 41.6 Å². The molecule has 0 radical (unpaired) electrons. The van der Waals surface area contributed by atoms with Crippen LogP contribution in [-0.2, 0) is 16.0 Å². The maximum atomic E-state index is 12.3. The van der Waals surface area contributed by atoms with Gasteiger partial charge in [0.25, 0.3) is 0 Å². The summed E-state index contributed by atoms with van der Waals surface area (Å²) in [6, 6.07) is 10.1. The number of anilines is 1. The number of pyridine rings is 1. The molecular formula is C20H24N4O3. The second-order valence-electron chi connectivity index (χ2n) is 6.07. The second-order valence-corrected chi connectivity index (χ2v) is 6.07. The fraction of sp³-hybridized carbons (Fsp3) is 0.300. The van der Waals surface area contributed by atoms with Gasteiger partial charge in [0.2, 0.25) is 17.7 Å². The molecule has 27 heavy (non-hydrogen) atoms. The molecule has 0 saturated carbocycles. The van der Waals surface area contributed by atoms with Crippen LogP contribution in [0.4, 0.5) is 5.69 Å². The Morgan fingerprint density at radius 3 is 2.44 bits per heavy atom. The minimum absolute atomic E-state index is 0.0139. The van der Waals surface area contributed by atoms with Crippen molar-refractivity contribution in [3.63, 3.8) is 0 Å². The third kappa shape index (κ3) is 6.54. The van der Waals surface area contributed by atoms with Gasteiger partial charge in [-0.25, -0.2) is 0 Å². The first kappa shape index (κ1) is 20.1. The molecule has 0 aliphatic rings. The van der Waals surface area contributed by atoms with E-state index in [9.17, 15) is 14.4 Å². The zero-order valence-electron chi connectivity index (χ0n) is 15.4. The van der Waals surface area contributed by atoms with Crippen molar-refractivity contribution in [2.24, 2.45) is 5.73 Å². The number of nitrogens with zero attached hydrogens (tertiary/aromatic N) is 2. The van der Waals surface area contributed by atoms with E-state index in [2.05, 4.69) is 10.3 Å². The molecule has 3 amide bonds. The van der Waals surface area contributed by atoms with Crippen LogP contribution in [0.25, 0.3) is 0 Å². The molecule has 1 heterocycles. The van der Waals surface area contributed by atoms with Gasteiger partial charge in [0.05, 0.1) is 0 Å². The highest BCUT2D eigenvalue weighted by Crippen LogP contribution is 2.10. The van der Waals surface area contributed by atoms with Gasteiger partial charge < -0.3 is 16.0 Å². The van der Waals surface area contributed by atoms with E-state index in [1.807, 2.05) is 19.1 Å². The molecule has 0 aliphatic carbocycles. The van der Waals surface area contributed by atoms with Crippen LogP contribution in [0.3, 0.4) is 0 Å². The van der Waals surface area contributed by atoms with Crippen molar-refractivity contribution in [3.8, 4) is 0 Å². The zero-order chi connectivity index (χ0) is 19.6. The van der Waals surface area contributed by atoms with Crippen molar-refractivity contribution in [1.29, 1.82) is 0 Å². The molecule has 0 bridgehead atoms. The molecule has 0 saturated heterocycles. The van der Waals surface area contributed by atoms with Gasteiger partial charge in [0.1, 0.15) is 0 Å². The summed E-state index contributed by atoms with van der Waals surface area (Å²) in [4.78, 5) is 41.2. The predicted octanol–water partition coefficient (Wildman–Crippen LogP) is 1.99. The van der Waals surface area contributed by atoms with Gasteiger partial charge in [0, 0.05) is 49.6 Å².